The van der Waals surface area contributed by atoms with Crippen LogP contribution in [0.3, 0.4) is 0 Å². The number of aromatic nitrogens is 3. The third kappa shape index (κ3) is 5.44. The van der Waals surface area contributed by atoms with Gasteiger partial charge in [-0.05, 0) is 34.7 Å². The van der Waals surface area contributed by atoms with Gasteiger partial charge in [-0.3, -0.25) is 9.69 Å². The Morgan fingerprint density at radius 1 is 1.23 bits per heavy atom. The SMILES string of the molecule is C[C@H](c1nc(N)nc(N(C)C)n1)N(C)CC(=O)NC(C)(C)C. The molecule has 1 atom stereocenters. The van der Waals surface area contributed by atoms with E-state index in [0.717, 1.165) is 0 Å². The summed E-state index contributed by atoms with van der Waals surface area (Å²) in [6.07, 6.45) is 0. The Balaban J connectivity index is 2.82. The minimum atomic E-state index is -0.253. The van der Waals surface area contributed by atoms with E-state index in [1.165, 1.54) is 0 Å². The quantitative estimate of drug-likeness (QED) is 0.813. The maximum Gasteiger partial charge on any atom is 0.234 e. The van der Waals surface area contributed by atoms with Crippen molar-refractivity contribution in [3.8, 4) is 0 Å². The lowest BCUT2D eigenvalue weighted by Crippen LogP contribution is -2.45. The first-order valence-electron chi connectivity index (χ1n) is 7.19. The molecule has 0 fully saturated rings. The Bertz CT molecular complexity index is 524. The molecule has 0 spiro atoms. The first-order chi connectivity index (χ1) is 9.99. The summed E-state index contributed by atoms with van der Waals surface area (Å²) in [6, 6.07) is -0.158. The van der Waals surface area contributed by atoms with E-state index in [1.807, 2.05) is 53.7 Å². The van der Waals surface area contributed by atoms with E-state index < -0.39 is 0 Å². The number of rotatable bonds is 5. The molecule has 124 valence electrons. The van der Waals surface area contributed by atoms with Gasteiger partial charge in [-0.2, -0.15) is 15.0 Å². The lowest BCUT2D eigenvalue weighted by Gasteiger charge is -2.26. The van der Waals surface area contributed by atoms with Crippen LogP contribution in [-0.2, 0) is 4.79 Å². The van der Waals surface area contributed by atoms with Crippen molar-refractivity contribution in [2.75, 3.05) is 38.3 Å². The summed E-state index contributed by atoms with van der Waals surface area (Å²) in [5.74, 6) is 1.17. The number of amides is 1. The van der Waals surface area contributed by atoms with Crippen LogP contribution in [0.15, 0.2) is 0 Å². The minimum Gasteiger partial charge on any atom is -0.368 e. The fourth-order valence-electron chi connectivity index (χ4n) is 1.80. The van der Waals surface area contributed by atoms with Gasteiger partial charge in [0.25, 0.3) is 0 Å². The molecule has 1 amide bonds. The maximum absolute atomic E-state index is 12.0. The molecule has 0 aromatic carbocycles. The predicted molar refractivity (Wildman–Crippen MR) is 87.5 cm³/mol. The molecular weight excluding hydrogens is 282 g/mol. The Morgan fingerprint density at radius 2 is 1.82 bits per heavy atom. The van der Waals surface area contributed by atoms with Gasteiger partial charge in [0.2, 0.25) is 17.8 Å². The van der Waals surface area contributed by atoms with Crippen LogP contribution in [0.2, 0.25) is 0 Å². The van der Waals surface area contributed by atoms with E-state index in [-0.39, 0.29) is 30.0 Å². The number of nitrogens with one attached hydrogen (secondary N) is 1. The molecule has 8 heteroatoms. The van der Waals surface area contributed by atoms with Crippen molar-refractivity contribution in [3.05, 3.63) is 5.82 Å². The summed E-state index contributed by atoms with van der Waals surface area (Å²) >= 11 is 0. The van der Waals surface area contributed by atoms with Crippen molar-refractivity contribution in [2.45, 2.75) is 39.3 Å². The van der Waals surface area contributed by atoms with E-state index in [2.05, 4.69) is 20.3 Å². The number of hydrogen-bond acceptors (Lipinski definition) is 7. The minimum absolute atomic E-state index is 0.0447. The number of nitrogen functional groups attached to an aromatic ring is 1. The standard InChI is InChI=1S/C14H27N7O/c1-9(21(7)8-10(22)19-14(2,3)4)11-16-12(15)18-13(17-11)20(5)6/h9H,8H2,1-7H3,(H,19,22)(H2,15,16,17,18)/t9-/m1/s1. The second-order valence-corrected chi connectivity index (χ2v) is 6.64. The van der Waals surface area contributed by atoms with Crippen molar-refractivity contribution >= 4 is 17.8 Å². The summed E-state index contributed by atoms with van der Waals surface area (Å²) in [4.78, 5) is 28.3. The molecule has 1 heterocycles. The second-order valence-electron chi connectivity index (χ2n) is 6.64. The number of anilines is 2. The second kappa shape index (κ2) is 6.87. The average Bonchev–Trinajstić information content (AvgIpc) is 2.34. The van der Waals surface area contributed by atoms with Crippen LogP contribution in [0.1, 0.15) is 39.6 Å². The van der Waals surface area contributed by atoms with Crippen LogP contribution < -0.4 is 16.0 Å². The zero-order chi connectivity index (χ0) is 17.1. The molecule has 3 N–H and O–H groups in total. The summed E-state index contributed by atoms with van der Waals surface area (Å²) < 4.78 is 0. The van der Waals surface area contributed by atoms with Gasteiger partial charge < -0.3 is 16.0 Å². The molecule has 0 aliphatic carbocycles. The van der Waals surface area contributed by atoms with Crippen LogP contribution in [0.5, 0.6) is 0 Å². The van der Waals surface area contributed by atoms with Crippen LogP contribution in [0, 0.1) is 0 Å². The average molecular weight is 309 g/mol. The molecule has 1 rings (SSSR count). The number of nitrogens with two attached hydrogens (primary N) is 1. The molecule has 0 bridgehead atoms. The molecule has 0 saturated carbocycles. The molecular formula is C14H27N7O. The normalized spacial score (nSPS) is 13.1. The lowest BCUT2D eigenvalue weighted by atomic mass is 10.1. The first kappa shape index (κ1) is 18.1. The highest BCUT2D eigenvalue weighted by Crippen LogP contribution is 2.17. The van der Waals surface area contributed by atoms with E-state index >= 15 is 0 Å². The predicted octanol–water partition coefficient (Wildman–Crippen LogP) is 0.427. The Hall–Kier alpha value is -1.96. The lowest BCUT2D eigenvalue weighted by molar-refractivity contribution is -0.123. The van der Waals surface area contributed by atoms with Gasteiger partial charge >= 0.3 is 0 Å². The number of nitrogens with zero attached hydrogens (tertiary/aromatic N) is 5. The highest BCUT2D eigenvalue weighted by atomic mass is 16.2. The first-order valence-corrected chi connectivity index (χ1v) is 7.19. The topological polar surface area (TPSA) is 100 Å². The van der Waals surface area contributed by atoms with Gasteiger partial charge in [0.1, 0.15) is 0 Å². The number of carbonyl (C=O) groups excluding carboxylic acids is 1. The smallest absolute Gasteiger partial charge is 0.234 e. The van der Waals surface area contributed by atoms with E-state index in [1.54, 1.807) is 4.90 Å². The zero-order valence-corrected chi connectivity index (χ0v) is 14.5. The van der Waals surface area contributed by atoms with Gasteiger partial charge in [-0.1, -0.05) is 0 Å². The third-order valence-corrected chi connectivity index (χ3v) is 3.00. The van der Waals surface area contributed by atoms with Crippen LogP contribution >= 0.6 is 0 Å². The molecule has 1 aromatic rings. The largest absolute Gasteiger partial charge is 0.368 e. The highest BCUT2D eigenvalue weighted by molar-refractivity contribution is 5.78. The van der Waals surface area contributed by atoms with Crippen LogP contribution in [-0.4, -0.2) is 59.0 Å². The fourth-order valence-corrected chi connectivity index (χ4v) is 1.80. The highest BCUT2D eigenvalue weighted by Gasteiger charge is 2.21. The summed E-state index contributed by atoms with van der Waals surface area (Å²) in [5, 5.41) is 2.93. The van der Waals surface area contributed by atoms with Gasteiger partial charge in [0.05, 0.1) is 12.6 Å². The molecule has 1 aromatic heterocycles. The number of carbonyl (C=O) groups is 1. The van der Waals surface area contributed by atoms with Crippen LogP contribution in [0.4, 0.5) is 11.9 Å². The summed E-state index contributed by atoms with van der Waals surface area (Å²) in [5.41, 5.74) is 5.48. The Kier molecular flexibility index (Phi) is 5.65. The number of likely N-dealkylation sites (N-methyl/N-ethyl adjacent to an activating group) is 1. The van der Waals surface area contributed by atoms with Gasteiger partial charge in [0, 0.05) is 19.6 Å². The summed E-state index contributed by atoms with van der Waals surface area (Å²) in [7, 11) is 5.52. The molecule has 0 aliphatic heterocycles. The van der Waals surface area contributed by atoms with Crippen molar-refractivity contribution in [1.29, 1.82) is 0 Å². The van der Waals surface area contributed by atoms with Crippen molar-refractivity contribution in [2.24, 2.45) is 0 Å². The van der Waals surface area contributed by atoms with E-state index in [4.69, 9.17) is 5.73 Å². The Morgan fingerprint density at radius 3 is 2.32 bits per heavy atom. The van der Waals surface area contributed by atoms with Gasteiger partial charge in [-0.25, -0.2) is 0 Å². The molecule has 0 aliphatic rings. The molecule has 0 saturated heterocycles. The van der Waals surface area contributed by atoms with Crippen molar-refractivity contribution in [3.63, 3.8) is 0 Å². The summed E-state index contributed by atoms with van der Waals surface area (Å²) in [6.45, 7) is 8.03. The monoisotopic (exact) mass is 309 g/mol. The Labute approximate surface area is 132 Å². The van der Waals surface area contributed by atoms with Crippen molar-refractivity contribution in [1.82, 2.24) is 25.2 Å². The van der Waals surface area contributed by atoms with Crippen molar-refractivity contribution < 1.29 is 4.79 Å². The third-order valence-electron chi connectivity index (χ3n) is 3.00. The molecule has 0 unspecified atom stereocenters. The molecule has 0 radical (unpaired) electrons. The van der Waals surface area contributed by atoms with E-state index in [0.29, 0.717) is 11.8 Å². The van der Waals surface area contributed by atoms with Gasteiger partial charge in [0.15, 0.2) is 5.82 Å². The maximum atomic E-state index is 12.0. The zero-order valence-electron chi connectivity index (χ0n) is 14.5. The van der Waals surface area contributed by atoms with E-state index in [9.17, 15) is 4.79 Å². The number of hydrogen-bond donors (Lipinski definition) is 2. The van der Waals surface area contributed by atoms with Crippen LogP contribution in [0.25, 0.3) is 0 Å². The molecule has 22 heavy (non-hydrogen) atoms. The van der Waals surface area contributed by atoms with Gasteiger partial charge in [-0.15, -0.1) is 0 Å². The fraction of sp³-hybridized carbons (Fsp3) is 0.714. The molecule has 8 nitrogen and oxygen atoms in total.